The first-order valence-electron chi connectivity index (χ1n) is 13.4. The van der Waals surface area contributed by atoms with Crippen molar-refractivity contribution in [1.29, 1.82) is 0 Å². The number of amides is 2. The first-order chi connectivity index (χ1) is 20.0. The molecule has 228 valence electrons. The van der Waals surface area contributed by atoms with Gasteiger partial charge in [0.25, 0.3) is 17.4 Å². The minimum Gasteiger partial charge on any atom is -0.370 e. The Hall–Kier alpha value is -4.12. The molecule has 5 nitrogen and oxygen atoms in total. The van der Waals surface area contributed by atoms with E-state index >= 15 is 0 Å². The van der Waals surface area contributed by atoms with Crippen LogP contribution >= 0.6 is 0 Å². The minimum absolute atomic E-state index is 0.0812. The molecule has 43 heavy (non-hydrogen) atoms. The van der Waals surface area contributed by atoms with Gasteiger partial charge in [0.2, 0.25) is 0 Å². The van der Waals surface area contributed by atoms with E-state index in [2.05, 4.69) is 0 Å². The van der Waals surface area contributed by atoms with E-state index in [0.29, 0.717) is 35.1 Å². The number of benzene rings is 3. The molecular formula is C32H29F6NO4. The quantitative estimate of drug-likeness (QED) is 0.210. The molecule has 3 aromatic rings. The maximum absolute atomic E-state index is 13.1. The Kier molecular flexibility index (Phi) is 8.27. The highest BCUT2D eigenvalue weighted by Crippen LogP contribution is 2.45. The van der Waals surface area contributed by atoms with E-state index in [0.717, 1.165) is 11.1 Å². The number of halogens is 6. The fourth-order valence-corrected chi connectivity index (χ4v) is 5.35. The Balaban J connectivity index is 1.65. The van der Waals surface area contributed by atoms with Gasteiger partial charge >= 0.3 is 12.4 Å². The van der Waals surface area contributed by atoms with E-state index in [-0.39, 0.29) is 28.5 Å². The van der Waals surface area contributed by atoms with Gasteiger partial charge in [-0.25, -0.2) is 0 Å². The highest BCUT2D eigenvalue weighted by Gasteiger charge is 2.69. The van der Waals surface area contributed by atoms with Gasteiger partial charge in [0.1, 0.15) is 0 Å². The molecule has 2 amide bonds. The molecule has 0 atom stereocenters. The summed E-state index contributed by atoms with van der Waals surface area (Å²) in [6.45, 7) is 7.23. The summed E-state index contributed by atoms with van der Waals surface area (Å²) >= 11 is 0. The average molecular weight is 606 g/mol. The number of hydrogen-bond acceptors (Lipinski definition) is 4. The van der Waals surface area contributed by atoms with Gasteiger partial charge < -0.3 is 9.94 Å². The van der Waals surface area contributed by atoms with E-state index < -0.39 is 35.2 Å². The van der Waals surface area contributed by atoms with Crippen molar-refractivity contribution in [2.45, 2.75) is 63.9 Å². The molecule has 0 saturated heterocycles. The summed E-state index contributed by atoms with van der Waals surface area (Å²) < 4.78 is 78.7. The number of carbonyl (C=O) groups excluding carboxylic acids is 2. The summed E-state index contributed by atoms with van der Waals surface area (Å²) in [7, 11) is 0. The van der Waals surface area contributed by atoms with E-state index in [1.54, 1.807) is 62.4 Å². The van der Waals surface area contributed by atoms with Crippen molar-refractivity contribution in [3.63, 3.8) is 0 Å². The molecule has 1 heterocycles. The van der Waals surface area contributed by atoms with Crippen LogP contribution in [0.4, 0.5) is 26.3 Å². The van der Waals surface area contributed by atoms with Crippen LogP contribution in [-0.2, 0) is 5.41 Å². The van der Waals surface area contributed by atoms with Crippen molar-refractivity contribution in [2.75, 3.05) is 0 Å². The van der Waals surface area contributed by atoms with E-state index in [4.69, 9.17) is 4.84 Å². The van der Waals surface area contributed by atoms with Crippen molar-refractivity contribution in [3.05, 3.63) is 106 Å². The fraction of sp³-hybridized carbons (Fsp3) is 0.312. The molecule has 1 aliphatic rings. The maximum atomic E-state index is 13.1. The third-order valence-electron chi connectivity index (χ3n) is 8.07. The minimum atomic E-state index is -5.96. The molecular weight excluding hydrogens is 576 g/mol. The zero-order valence-corrected chi connectivity index (χ0v) is 23.7. The number of alkyl halides is 6. The second-order valence-electron chi connectivity index (χ2n) is 10.5. The smallest absolute Gasteiger partial charge is 0.370 e. The van der Waals surface area contributed by atoms with Gasteiger partial charge in [0, 0.05) is 5.41 Å². The van der Waals surface area contributed by atoms with E-state index in [1.165, 1.54) is 6.07 Å². The lowest BCUT2D eigenvalue weighted by Gasteiger charge is -2.34. The number of rotatable bonds is 8. The van der Waals surface area contributed by atoms with Gasteiger partial charge in [-0.05, 0) is 78.8 Å². The Labute approximate surface area is 244 Å². The molecule has 0 spiro atoms. The number of aryl methyl sites for hydroxylation is 2. The highest BCUT2D eigenvalue weighted by molar-refractivity contribution is 6.20. The fourth-order valence-electron chi connectivity index (χ4n) is 5.35. The molecule has 0 radical (unpaired) electrons. The van der Waals surface area contributed by atoms with Crippen LogP contribution in [0.25, 0.3) is 6.08 Å². The Morgan fingerprint density at radius 2 is 1.26 bits per heavy atom. The van der Waals surface area contributed by atoms with Crippen LogP contribution < -0.4 is 4.84 Å². The van der Waals surface area contributed by atoms with Crippen molar-refractivity contribution >= 4 is 17.9 Å². The van der Waals surface area contributed by atoms with E-state index in [1.807, 2.05) is 19.9 Å². The molecule has 0 aromatic heterocycles. The first-order valence-corrected chi connectivity index (χ1v) is 13.4. The molecule has 0 fully saturated rings. The number of nitrogens with zero attached hydrogens (tertiary/aromatic N) is 1. The van der Waals surface area contributed by atoms with Crippen LogP contribution in [0.5, 0.6) is 5.75 Å². The maximum Gasteiger partial charge on any atom is 0.430 e. The highest BCUT2D eigenvalue weighted by atomic mass is 19.4. The van der Waals surface area contributed by atoms with Crippen molar-refractivity contribution in [2.24, 2.45) is 0 Å². The molecule has 0 aliphatic carbocycles. The van der Waals surface area contributed by atoms with Gasteiger partial charge in [-0.3, -0.25) is 9.59 Å². The Bertz CT molecular complexity index is 1540. The summed E-state index contributed by atoms with van der Waals surface area (Å²) in [4.78, 5) is 31.2. The molecule has 4 rings (SSSR count). The zero-order chi connectivity index (χ0) is 32.0. The van der Waals surface area contributed by atoms with Crippen LogP contribution in [0, 0.1) is 13.8 Å². The van der Waals surface area contributed by atoms with Crippen LogP contribution in [0.1, 0.15) is 75.2 Å². The molecule has 0 bridgehead atoms. The molecule has 3 aromatic carbocycles. The van der Waals surface area contributed by atoms with Gasteiger partial charge in [-0.2, -0.15) is 26.3 Å². The van der Waals surface area contributed by atoms with Gasteiger partial charge in [-0.15, -0.1) is 0 Å². The van der Waals surface area contributed by atoms with Crippen LogP contribution in [0.3, 0.4) is 0 Å². The zero-order valence-electron chi connectivity index (χ0n) is 23.7. The van der Waals surface area contributed by atoms with Gasteiger partial charge in [0.05, 0.1) is 11.1 Å². The average Bonchev–Trinajstić information content (AvgIpc) is 3.18. The first kappa shape index (κ1) is 31.8. The van der Waals surface area contributed by atoms with Crippen molar-refractivity contribution in [1.82, 2.24) is 5.06 Å². The lowest BCUT2D eigenvalue weighted by Crippen LogP contribution is -2.55. The lowest BCUT2D eigenvalue weighted by atomic mass is 9.70. The Morgan fingerprint density at radius 1 is 0.767 bits per heavy atom. The summed E-state index contributed by atoms with van der Waals surface area (Å²) in [6, 6.07) is 16.4. The molecule has 0 saturated carbocycles. The Morgan fingerprint density at radius 3 is 1.70 bits per heavy atom. The standard InChI is InChI=1S/C32H29F6NO4/c1-5-29(6-2,22-12-11-21(19(3)17-22)15-16-30(42,31(33,34)35)32(36,37)38)23-13-14-26(20(4)18-23)43-39-27(40)24-9-7-8-10-25(24)28(39)41/h7-18,42H,5-6H2,1-4H3/b16-15+. The number of fused-ring (bicyclic) bond motifs is 1. The molecule has 1 aliphatic heterocycles. The van der Waals surface area contributed by atoms with Crippen molar-refractivity contribution < 1.29 is 45.9 Å². The number of carbonyl (C=O) groups is 2. The lowest BCUT2D eigenvalue weighted by molar-refractivity contribution is -0.347. The number of aliphatic hydroxyl groups is 1. The normalized spacial score (nSPS) is 14.5. The molecule has 1 N–H and O–H groups in total. The second kappa shape index (κ2) is 11.2. The van der Waals surface area contributed by atoms with E-state index in [9.17, 15) is 41.0 Å². The molecule has 0 unspecified atom stereocenters. The third-order valence-corrected chi connectivity index (χ3v) is 8.07. The molecule has 11 heteroatoms. The predicted molar refractivity (Wildman–Crippen MR) is 147 cm³/mol. The SMILES string of the molecule is CCC(CC)(c1ccc(/C=C/C(O)(C(F)(F)F)C(F)(F)F)c(C)c1)c1ccc(ON2C(=O)c3ccccc3C2=O)c(C)c1. The van der Waals surface area contributed by atoms with Crippen LogP contribution in [0.15, 0.2) is 66.7 Å². The summed E-state index contributed by atoms with van der Waals surface area (Å²) in [5.74, 6) is -0.860. The second-order valence-corrected chi connectivity index (χ2v) is 10.5. The summed E-state index contributed by atoms with van der Waals surface area (Å²) in [5.41, 5.74) is -2.33. The number of hydrogen-bond donors (Lipinski definition) is 1. The number of imide groups is 1. The third kappa shape index (κ3) is 5.42. The summed E-state index contributed by atoms with van der Waals surface area (Å²) in [5, 5.41) is 10.2. The van der Waals surface area contributed by atoms with Gasteiger partial charge in [0.15, 0.2) is 5.75 Å². The predicted octanol–water partition coefficient (Wildman–Crippen LogP) is 7.87. The monoisotopic (exact) mass is 605 g/mol. The largest absolute Gasteiger partial charge is 0.430 e. The van der Waals surface area contributed by atoms with Crippen LogP contribution in [-0.4, -0.2) is 39.9 Å². The summed E-state index contributed by atoms with van der Waals surface area (Å²) in [6.07, 6.45) is -10.4. The topological polar surface area (TPSA) is 66.8 Å². The van der Waals surface area contributed by atoms with Gasteiger partial charge in [-0.1, -0.05) is 67.5 Å². The van der Waals surface area contributed by atoms with Crippen LogP contribution in [0.2, 0.25) is 0 Å². The number of hydroxylamine groups is 2. The van der Waals surface area contributed by atoms with Crippen molar-refractivity contribution in [3.8, 4) is 5.75 Å².